The predicted molar refractivity (Wildman–Crippen MR) is 96.7 cm³/mol. The minimum Gasteiger partial charge on any atom is -0.497 e. The maximum absolute atomic E-state index is 5.43. The summed E-state index contributed by atoms with van der Waals surface area (Å²) in [6, 6.07) is 7.30. The van der Waals surface area contributed by atoms with Crippen LogP contribution in [-0.4, -0.2) is 69.3 Å². The number of piperazine rings is 1. The number of ether oxygens (including phenoxy) is 1. The van der Waals surface area contributed by atoms with Crippen LogP contribution in [0.1, 0.15) is 25.3 Å². The van der Waals surface area contributed by atoms with Crippen LogP contribution in [0.4, 0.5) is 5.69 Å². The summed E-state index contributed by atoms with van der Waals surface area (Å²) in [6.07, 6.45) is 3.64. The van der Waals surface area contributed by atoms with E-state index in [0.717, 1.165) is 31.3 Å². The van der Waals surface area contributed by atoms with Gasteiger partial charge in [0.05, 0.1) is 7.11 Å². The molecule has 1 aromatic rings. The van der Waals surface area contributed by atoms with Crippen LogP contribution >= 0.6 is 0 Å². The average molecular weight is 317 g/mol. The Morgan fingerprint density at radius 3 is 2.35 bits per heavy atom. The first-order valence-electron chi connectivity index (χ1n) is 9.05. The predicted octanol–water partition coefficient (Wildman–Crippen LogP) is 2.47. The van der Waals surface area contributed by atoms with Crippen molar-refractivity contribution in [2.75, 3.05) is 58.3 Å². The number of hydrogen-bond donors (Lipinski definition) is 0. The van der Waals surface area contributed by atoms with Gasteiger partial charge < -0.3 is 14.5 Å². The second-order valence-electron chi connectivity index (χ2n) is 6.91. The molecule has 2 saturated heterocycles. The van der Waals surface area contributed by atoms with Crippen LogP contribution < -0.4 is 9.64 Å². The molecule has 0 aliphatic carbocycles. The Morgan fingerprint density at radius 2 is 1.74 bits per heavy atom. The van der Waals surface area contributed by atoms with Gasteiger partial charge in [-0.1, -0.05) is 13.0 Å². The van der Waals surface area contributed by atoms with Gasteiger partial charge >= 0.3 is 0 Å². The van der Waals surface area contributed by atoms with Crippen LogP contribution in [0.25, 0.3) is 0 Å². The van der Waals surface area contributed by atoms with Crippen molar-refractivity contribution < 1.29 is 4.74 Å². The quantitative estimate of drug-likeness (QED) is 0.849. The molecule has 3 rings (SSSR count). The fourth-order valence-electron chi connectivity index (χ4n) is 3.92. The second kappa shape index (κ2) is 7.54. The highest BCUT2D eigenvalue weighted by Gasteiger charge is 2.27. The highest BCUT2D eigenvalue weighted by Crippen LogP contribution is 2.30. The molecule has 0 unspecified atom stereocenters. The van der Waals surface area contributed by atoms with Gasteiger partial charge in [-0.3, -0.25) is 4.90 Å². The number of piperidine rings is 1. The van der Waals surface area contributed by atoms with Gasteiger partial charge in [0, 0.05) is 57.1 Å². The Bertz CT molecular complexity index is 503. The van der Waals surface area contributed by atoms with Crippen molar-refractivity contribution >= 4 is 5.69 Å². The van der Waals surface area contributed by atoms with Gasteiger partial charge in [-0.2, -0.15) is 0 Å². The molecule has 0 spiro atoms. The molecule has 2 aliphatic rings. The van der Waals surface area contributed by atoms with Crippen LogP contribution in [0.3, 0.4) is 0 Å². The molecule has 4 heteroatoms. The molecule has 4 nitrogen and oxygen atoms in total. The van der Waals surface area contributed by atoms with E-state index in [4.69, 9.17) is 4.74 Å². The van der Waals surface area contributed by atoms with E-state index in [1.54, 1.807) is 7.11 Å². The van der Waals surface area contributed by atoms with E-state index in [1.807, 2.05) is 0 Å². The summed E-state index contributed by atoms with van der Waals surface area (Å²) in [6.45, 7) is 9.48. The lowest BCUT2D eigenvalue weighted by molar-refractivity contribution is 0.0982. The zero-order chi connectivity index (χ0) is 16.2. The van der Waals surface area contributed by atoms with Gasteiger partial charge in [-0.15, -0.1) is 0 Å². The number of benzene rings is 1. The summed E-state index contributed by atoms with van der Waals surface area (Å²) in [5.74, 6) is 0.971. The number of methoxy groups -OCH3 is 1. The summed E-state index contributed by atoms with van der Waals surface area (Å²) >= 11 is 0. The van der Waals surface area contributed by atoms with Gasteiger partial charge in [0.25, 0.3) is 0 Å². The lowest BCUT2D eigenvalue weighted by Crippen LogP contribution is -2.52. The largest absolute Gasteiger partial charge is 0.497 e. The lowest BCUT2D eigenvalue weighted by Gasteiger charge is -2.43. The first-order chi connectivity index (χ1) is 11.2. The number of hydrogen-bond acceptors (Lipinski definition) is 4. The Kier molecular flexibility index (Phi) is 5.44. The van der Waals surface area contributed by atoms with E-state index in [9.17, 15) is 0 Å². The van der Waals surface area contributed by atoms with Crippen molar-refractivity contribution in [1.82, 2.24) is 9.80 Å². The number of anilines is 1. The third-order valence-corrected chi connectivity index (χ3v) is 5.53. The molecule has 2 fully saturated rings. The van der Waals surface area contributed by atoms with Gasteiger partial charge in [0.1, 0.15) is 5.75 Å². The van der Waals surface area contributed by atoms with E-state index in [2.05, 4.69) is 46.9 Å². The standard InChI is InChI=1S/C19H31N3O/c1-4-16-5-6-18(23-3)15-19(16)22-9-7-17(8-10-22)21-13-11-20(2)12-14-21/h5-6,15,17H,4,7-14H2,1-3H3. The molecule has 2 aliphatic heterocycles. The van der Waals surface area contributed by atoms with Crippen molar-refractivity contribution in [3.63, 3.8) is 0 Å². The molecule has 0 N–H and O–H groups in total. The fourth-order valence-corrected chi connectivity index (χ4v) is 3.92. The van der Waals surface area contributed by atoms with Crippen LogP contribution in [0.5, 0.6) is 5.75 Å². The molecule has 0 aromatic heterocycles. The molecule has 0 atom stereocenters. The molecular formula is C19H31N3O. The third-order valence-electron chi connectivity index (χ3n) is 5.53. The SMILES string of the molecule is CCc1ccc(OC)cc1N1CCC(N2CCN(C)CC2)CC1. The molecule has 128 valence electrons. The Balaban J connectivity index is 1.62. The number of nitrogens with zero attached hydrogens (tertiary/aromatic N) is 3. The Labute approximate surface area is 141 Å². The van der Waals surface area contributed by atoms with E-state index < -0.39 is 0 Å². The smallest absolute Gasteiger partial charge is 0.120 e. The van der Waals surface area contributed by atoms with Crippen molar-refractivity contribution in [3.05, 3.63) is 23.8 Å². The van der Waals surface area contributed by atoms with E-state index >= 15 is 0 Å². The Hall–Kier alpha value is -1.26. The van der Waals surface area contributed by atoms with Gasteiger partial charge in [0.2, 0.25) is 0 Å². The zero-order valence-corrected chi connectivity index (χ0v) is 14.9. The zero-order valence-electron chi connectivity index (χ0n) is 14.9. The van der Waals surface area contributed by atoms with Crippen LogP contribution in [0.15, 0.2) is 18.2 Å². The second-order valence-corrected chi connectivity index (χ2v) is 6.91. The van der Waals surface area contributed by atoms with Gasteiger partial charge in [-0.25, -0.2) is 0 Å². The normalized spacial score (nSPS) is 21.6. The van der Waals surface area contributed by atoms with E-state index in [1.165, 1.54) is 50.3 Å². The molecule has 2 heterocycles. The van der Waals surface area contributed by atoms with E-state index in [-0.39, 0.29) is 0 Å². The molecule has 1 aromatic carbocycles. The van der Waals surface area contributed by atoms with Crippen molar-refractivity contribution in [1.29, 1.82) is 0 Å². The minimum absolute atomic E-state index is 0.774. The maximum atomic E-state index is 5.43. The van der Waals surface area contributed by atoms with E-state index in [0.29, 0.717) is 0 Å². The summed E-state index contributed by atoms with van der Waals surface area (Å²) in [4.78, 5) is 7.72. The molecule has 0 saturated carbocycles. The van der Waals surface area contributed by atoms with Crippen LogP contribution in [-0.2, 0) is 6.42 Å². The first-order valence-corrected chi connectivity index (χ1v) is 9.05. The highest BCUT2D eigenvalue weighted by atomic mass is 16.5. The summed E-state index contributed by atoms with van der Waals surface area (Å²) in [5, 5.41) is 0. The maximum Gasteiger partial charge on any atom is 0.120 e. The van der Waals surface area contributed by atoms with Gasteiger partial charge in [0.15, 0.2) is 0 Å². The molecule has 0 radical (unpaired) electrons. The van der Waals surface area contributed by atoms with Crippen molar-refractivity contribution in [2.45, 2.75) is 32.2 Å². The summed E-state index contributed by atoms with van der Waals surface area (Å²) < 4.78 is 5.43. The Morgan fingerprint density at radius 1 is 1.04 bits per heavy atom. The lowest BCUT2D eigenvalue weighted by atomic mass is 10.00. The molecule has 0 amide bonds. The van der Waals surface area contributed by atoms with Crippen molar-refractivity contribution in [2.24, 2.45) is 0 Å². The van der Waals surface area contributed by atoms with Crippen LogP contribution in [0, 0.1) is 0 Å². The van der Waals surface area contributed by atoms with Crippen molar-refractivity contribution in [3.8, 4) is 5.75 Å². The molecular weight excluding hydrogens is 286 g/mol. The average Bonchev–Trinajstić information content (AvgIpc) is 2.62. The van der Waals surface area contributed by atoms with Gasteiger partial charge in [-0.05, 0) is 37.9 Å². The highest BCUT2D eigenvalue weighted by molar-refractivity contribution is 5.57. The number of rotatable bonds is 4. The number of aryl methyl sites for hydroxylation is 1. The monoisotopic (exact) mass is 317 g/mol. The first kappa shape index (κ1) is 16.6. The molecule has 0 bridgehead atoms. The number of likely N-dealkylation sites (N-methyl/N-ethyl adjacent to an activating group) is 1. The van der Waals surface area contributed by atoms with Crippen LogP contribution in [0.2, 0.25) is 0 Å². The summed E-state index contributed by atoms with van der Waals surface area (Å²) in [5.41, 5.74) is 2.81. The fraction of sp³-hybridized carbons (Fsp3) is 0.684. The minimum atomic E-state index is 0.774. The summed E-state index contributed by atoms with van der Waals surface area (Å²) in [7, 11) is 3.99. The molecule has 23 heavy (non-hydrogen) atoms. The third kappa shape index (κ3) is 3.81. The topological polar surface area (TPSA) is 19.0 Å².